The van der Waals surface area contributed by atoms with Crippen molar-refractivity contribution >= 4 is 63.7 Å². The lowest BCUT2D eigenvalue weighted by Crippen LogP contribution is -2.58. The smallest absolute Gasteiger partial charge is 0.420 e. The molecule has 2 aromatic carbocycles. The highest BCUT2D eigenvalue weighted by Gasteiger charge is 2.52. The second-order valence-electron chi connectivity index (χ2n) is 19.4. The van der Waals surface area contributed by atoms with Gasteiger partial charge in [-0.05, 0) is 99.8 Å². The molecule has 6 rings (SSSR count). The number of carbonyl (C=O) groups excluding carboxylic acids is 4. The number of unbranched alkanes of at least 4 members (excludes halogenated alkanes) is 2. The van der Waals surface area contributed by atoms with Crippen LogP contribution in [-0.2, 0) is 41.4 Å². The SMILES string of the molecule is Cc1cc(OCCCCCOCCCOCC(=O)NC(C(=O)N2C[C@H](O)C[C@H]2C(=O)NCc2ccc(-c3scnc3C)cc2)C(C)(C)C)ncc1N1C(=S)N(c2ccc(C#N)c(C(F)(F)F)c2F)C(=O)C1(C)C. The highest BCUT2D eigenvalue weighted by molar-refractivity contribution is 7.81. The first-order valence-electron chi connectivity index (χ1n) is 23.7. The first-order chi connectivity index (χ1) is 34.4. The van der Waals surface area contributed by atoms with Gasteiger partial charge in [-0.3, -0.25) is 24.1 Å². The molecule has 16 nitrogen and oxygen atoms in total. The summed E-state index contributed by atoms with van der Waals surface area (Å²) < 4.78 is 73.9. The minimum absolute atomic E-state index is 0.0407. The van der Waals surface area contributed by atoms with Crippen LogP contribution in [-0.4, -0.2) is 112 Å². The number of hydrogen-bond acceptors (Lipinski definition) is 13. The number of aliphatic hydroxyl groups is 1. The maximum absolute atomic E-state index is 15.4. The minimum Gasteiger partial charge on any atom is -0.478 e. The third kappa shape index (κ3) is 13.4. The van der Waals surface area contributed by atoms with E-state index in [4.69, 9.17) is 26.4 Å². The summed E-state index contributed by atoms with van der Waals surface area (Å²) in [6.07, 6.45) is -1.87. The zero-order valence-electron chi connectivity index (χ0n) is 41.7. The zero-order chi connectivity index (χ0) is 53.4. The number of pyridine rings is 1. The van der Waals surface area contributed by atoms with E-state index in [1.165, 1.54) is 35.9 Å². The number of β-amino-alcohol motifs (C(OH)–C–C–N with tert-alkyl or cyclic N) is 1. The fourth-order valence-electron chi connectivity index (χ4n) is 8.53. The number of halogens is 4. The fourth-order valence-corrected chi connectivity index (χ4v) is 9.85. The summed E-state index contributed by atoms with van der Waals surface area (Å²) in [5, 5.41) is 25.2. The molecule has 3 atom stereocenters. The van der Waals surface area contributed by atoms with Crippen molar-refractivity contribution in [2.45, 2.75) is 117 Å². The number of carbonyl (C=O) groups is 4. The van der Waals surface area contributed by atoms with Crippen LogP contribution in [0.15, 0.2) is 54.2 Å². The molecule has 4 amide bonds. The van der Waals surface area contributed by atoms with E-state index >= 15 is 4.39 Å². The summed E-state index contributed by atoms with van der Waals surface area (Å²) in [5.74, 6) is -3.62. The van der Waals surface area contributed by atoms with Crippen molar-refractivity contribution in [2.24, 2.45) is 5.41 Å². The molecule has 0 bridgehead atoms. The number of anilines is 2. The van der Waals surface area contributed by atoms with Crippen LogP contribution in [0, 0.1) is 36.4 Å². The van der Waals surface area contributed by atoms with Crippen LogP contribution in [0.25, 0.3) is 10.4 Å². The third-order valence-electron chi connectivity index (χ3n) is 12.4. The number of aryl methyl sites for hydroxylation is 2. The number of benzene rings is 2. The number of aromatic nitrogens is 2. The van der Waals surface area contributed by atoms with Gasteiger partial charge in [0.1, 0.15) is 29.8 Å². The highest BCUT2D eigenvalue weighted by atomic mass is 32.1. The number of amides is 4. The number of alkyl halides is 3. The van der Waals surface area contributed by atoms with Gasteiger partial charge in [0.15, 0.2) is 10.9 Å². The summed E-state index contributed by atoms with van der Waals surface area (Å²) in [5.41, 5.74) is 0.00300. The number of ether oxygens (including phenoxy) is 3. The van der Waals surface area contributed by atoms with E-state index in [-0.39, 0.29) is 37.8 Å². The average molecular weight is 1050 g/mol. The van der Waals surface area contributed by atoms with Crippen molar-refractivity contribution in [1.82, 2.24) is 25.5 Å². The molecular weight excluding hydrogens is 993 g/mol. The van der Waals surface area contributed by atoms with Crippen molar-refractivity contribution in [3.05, 3.63) is 87.9 Å². The van der Waals surface area contributed by atoms with Crippen LogP contribution >= 0.6 is 23.6 Å². The molecule has 392 valence electrons. The Hall–Kier alpha value is -6.12. The predicted octanol–water partition coefficient (Wildman–Crippen LogP) is 7.55. The van der Waals surface area contributed by atoms with Gasteiger partial charge >= 0.3 is 6.18 Å². The standard InChI is InChI=1S/C51H60F4N8O8S2/c1-30-22-40(57-26-38(30)63-48(72)62(47(68)50(63,6)7)36-17-16-34(24-56)41(42(36)52)51(53,54)55)71-21-10-8-9-18-69-19-11-20-70-28-39(65)60-44(49(3,4)5)46(67)61-27-35(64)23-37(61)45(66)58-25-32-12-14-33(15-13-32)43-31(2)59-29-73-43/h12-17,22,26,29,35,37,44,64H,8-11,18-21,23,25,27-28H2,1-7H3,(H,58,66)(H,60,65)/t35-,37+,44?/m1/s1. The van der Waals surface area contributed by atoms with E-state index in [1.54, 1.807) is 29.8 Å². The number of nitriles is 1. The lowest BCUT2D eigenvalue weighted by atomic mass is 9.85. The molecule has 3 N–H and O–H groups in total. The fraction of sp³-hybridized carbons (Fsp3) is 0.490. The summed E-state index contributed by atoms with van der Waals surface area (Å²) in [4.78, 5) is 67.2. The van der Waals surface area contributed by atoms with Crippen molar-refractivity contribution in [3.63, 3.8) is 0 Å². The van der Waals surface area contributed by atoms with Crippen molar-refractivity contribution in [1.29, 1.82) is 5.26 Å². The van der Waals surface area contributed by atoms with Crippen LogP contribution in [0.5, 0.6) is 5.88 Å². The van der Waals surface area contributed by atoms with E-state index in [1.807, 2.05) is 52.0 Å². The molecule has 1 unspecified atom stereocenters. The van der Waals surface area contributed by atoms with Crippen LogP contribution < -0.4 is 25.2 Å². The molecule has 73 heavy (non-hydrogen) atoms. The molecule has 2 aromatic heterocycles. The van der Waals surface area contributed by atoms with Gasteiger partial charge in [0, 0.05) is 45.4 Å². The number of rotatable bonds is 21. The Morgan fingerprint density at radius 2 is 1.67 bits per heavy atom. The van der Waals surface area contributed by atoms with Gasteiger partial charge in [-0.15, -0.1) is 11.3 Å². The number of likely N-dealkylation sites (tertiary alicyclic amines) is 1. The van der Waals surface area contributed by atoms with Crippen molar-refractivity contribution in [2.75, 3.05) is 49.4 Å². The molecule has 2 saturated heterocycles. The number of nitrogens with one attached hydrogen (secondary N) is 2. The highest BCUT2D eigenvalue weighted by Crippen LogP contribution is 2.43. The Morgan fingerprint density at radius 3 is 2.32 bits per heavy atom. The first-order valence-corrected chi connectivity index (χ1v) is 25.0. The zero-order valence-corrected chi connectivity index (χ0v) is 43.4. The van der Waals surface area contributed by atoms with Gasteiger partial charge in [0.2, 0.25) is 23.6 Å². The molecule has 4 aromatic rings. The lowest BCUT2D eigenvalue weighted by Gasteiger charge is -2.35. The number of hydrogen-bond donors (Lipinski definition) is 3. The van der Waals surface area contributed by atoms with E-state index in [9.17, 15) is 42.7 Å². The second kappa shape index (κ2) is 23.8. The second-order valence-corrected chi connectivity index (χ2v) is 20.6. The van der Waals surface area contributed by atoms with Crippen molar-refractivity contribution < 1.29 is 56.1 Å². The molecular formula is C51H60F4N8O8S2. The maximum Gasteiger partial charge on any atom is 0.420 e. The normalized spacial score (nSPS) is 17.2. The number of thiocarbonyl (C=S) groups is 1. The van der Waals surface area contributed by atoms with E-state index in [0.717, 1.165) is 46.7 Å². The average Bonchev–Trinajstić information content (AvgIpc) is 3.99. The summed E-state index contributed by atoms with van der Waals surface area (Å²) in [7, 11) is 0. The molecule has 2 aliphatic rings. The van der Waals surface area contributed by atoms with Crippen molar-refractivity contribution in [3.8, 4) is 22.4 Å². The topological polar surface area (TPSA) is 200 Å². The largest absolute Gasteiger partial charge is 0.478 e. The van der Waals surface area contributed by atoms with Gasteiger partial charge in [0.05, 0.1) is 58.0 Å². The Labute approximate surface area is 431 Å². The van der Waals surface area contributed by atoms with E-state index in [0.29, 0.717) is 54.7 Å². The Balaban J connectivity index is 0.869. The summed E-state index contributed by atoms with van der Waals surface area (Å²) in [6, 6.07) is 10.6. The third-order valence-corrected chi connectivity index (χ3v) is 13.8. The van der Waals surface area contributed by atoms with Crippen LogP contribution in [0.1, 0.15) is 94.7 Å². The van der Waals surface area contributed by atoms with E-state index in [2.05, 4.69) is 20.6 Å². The molecule has 2 aliphatic heterocycles. The van der Waals surface area contributed by atoms with Gasteiger partial charge in [-0.25, -0.2) is 14.4 Å². The van der Waals surface area contributed by atoms with Crippen LogP contribution in [0.2, 0.25) is 0 Å². The van der Waals surface area contributed by atoms with Gasteiger partial charge < -0.3 is 39.8 Å². The number of nitrogens with zero attached hydrogens (tertiary/aromatic N) is 6. The molecule has 2 fully saturated rings. The number of thiazole rings is 1. The number of aliphatic hydroxyl groups excluding tert-OH is 1. The Bertz CT molecular complexity index is 2710. The minimum atomic E-state index is -5.20. The molecule has 4 heterocycles. The molecule has 0 spiro atoms. The molecule has 0 saturated carbocycles. The van der Waals surface area contributed by atoms with Crippen LogP contribution in [0.3, 0.4) is 0 Å². The summed E-state index contributed by atoms with van der Waals surface area (Å²) >= 11 is 7.10. The van der Waals surface area contributed by atoms with E-state index < -0.39 is 81.6 Å². The van der Waals surface area contributed by atoms with Gasteiger partial charge in [-0.1, -0.05) is 45.0 Å². The van der Waals surface area contributed by atoms with Gasteiger partial charge in [-0.2, -0.15) is 18.4 Å². The molecule has 22 heteroatoms. The Morgan fingerprint density at radius 1 is 0.986 bits per heavy atom. The maximum atomic E-state index is 15.4. The monoisotopic (exact) mass is 1050 g/mol. The van der Waals surface area contributed by atoms with Crippen LogP contribution in [0.4, 0.5) is 28.9 Å². The predicted molar refractivity (Wildman–Crippen MR) is 269 cm³/mol. The quantitative estimate of drug-likeness (QED) is 0.0420. The first kappa shape index (κ1) is 56.2. The van der Waals surface area contributed by atoms with Gasteiger partial charge in [0.25, 0.3) is 5.91 Å². The molecule has 0 radical (unpaired) electrons. The lowest BCUT2D eigenvalue weighted by molar-refractivity contribution is -0.144. The summed E-state index contributed by atoms with van der Waals surface area (Å²) in [6.45, 7) is 13.5. The Kier molecular flexibility index (Phi) is 18.3. The molecule has 0 aliphatic carbocycles.